The van der Waals surface area contributed by atoms with Crippen LogP contribution in [0.4, 0.5) is 5.69 Å². The van der Waals surface area contributed by atoms with Crippen molar-refractivity contribution in [3.05, 3.63) is 24.3 Å². The van der Waals surface area contributed by atoms with Crippen LogP contribution in [0.2, 0.25) is 0 Å². The second-order valence-electron chi connectivity index (χ2n) is 4.74. The second-order valence-corrected chi connectivity index (χ2v) is 4.74. The van der Waals surface area contributed by atoms with E-state index in [1.54, 1.807) is 7.11 Å². The summed E-state index contributed by atoms with van der Waals surface area (Å²) in [6.07, 6.45) is 0. The van der Waals surface area contributed by atoms with E-state index in [-0.39, 0.29) is 19.3 Å². The lowest BCUT2D eigenvalue weighted by molar-refractivity contribution is 0.0700. The van der Waals surface area contributed by atoms with Crippen LogP contribution in [-0.4, -0.2) is 67.7 Å². The Morgan fingerprint density at radius 2 is 1.63 bits per heavy atom. The summed E-state index contributed by atoms with van der Waals surface area (Å²) in [5.74, 6) is 0.864. The predicted molar refractivity (Wildman–Crippen MR) is 74.7 cm³/mol. The molecule has 0 bridgehead atoms. The summed E-state index contributed by atoms with van der Waals surface area (Å²) in [5.41, 5.74) is 1.19. The van der Waals surface area contributed by atoms with Gasteiger partial charge >= 0.3 is 0 Å². The molecule has 1 aromatic rings. The van der Waals surface area contributed by atoms with Gasteiger partial charge in [-0.2, -0.15) is 0 Å². The van der Waals surface area contributed by atoms with Crippen LogP contribution in [-0.2, 0) is 0 Å². The largest absolute Gasteiger partial charge is 0.497 e. The summed E-state index contributed by atoms with van der Waals surface area (Å²) < 4.78 is 5.15. The molecule has 0 spiro atoms. The Hall–Kier alpha value is -1.30. The first-order valence-electron chi connectivity index (χ1n) is 6.63. The van der Waals surface area contributed by atoms with Crippen molar-refractivity contribution in [3.63, 3.8) is 0 Å². The second kappa shape index (κ2) is 6.75. The van der Waals surface area contributed by atoms with Crippen LogP contribution in [0, 0.1) is 0 Å². The number of hydrogen-bond donors (Lipinski definition) is 2. The maximum Gasteiger partial charge on any atom is 0.119 e. The van der Waals surface area contributed by atoms with E-state index in [0.29, 0.717) is 0 Å². The summed E-state index contributed by atoms with van der Waals surface area (Å²) >= 11 is 0. The van der Waals surface area contributed by atoms with Gasteiger partial charge in [-0.1, -0.05) is 0 Å². The Morgan fingerprint density at radius 1 is 1.05 bits per heavy atom. The Morgan fingerprint density at radius 3 is 2.11 bits per heavy atom. The van der Waals surface area contributed by atoms with Gasteiger partial charge in [0, 0.05) is 31.9 Å². The number of methoxy groups -OCH3 is 1. The molecule has 0 atom stereocenters. The first-order valence-corrected chi connectivity index (χ1v) is 6.63. The van der Waals surface area contributed by atoms with Gasteiger partial charge in [0.15, 0.2) is 0 Å². The Balaban J connectivity index is 1.91. The normalized spacial score (nSPS) is 16.9. The number of rotatable bonds is 5. The number of nitrogens with zero attached hydrogens (tertiary/aromatic N) is 2. The highest BCUT2D eigenvalue weighted by atomic mass is 16.5. The van der Waals surface area contributed by atoms with E-state index < -0.39 is 0 Å². The third kappa shape index (κ3) is 3.37. The molecule has 1 aliphatic heterocycles. The zero-order valence-corrected chi connectivity index (χ0v) is 11.3. The molecule has 5 nitrogen and oxygen atoms in total. The number of ether oxygens (including phenoxy) is 1. The number of hydrogen-bond acceptors (Lipinski definition) is 5. The molecule has 2 N–H and O–H groups in total. The fourth-order valence-electron chi connectivity index (χ4n) is 2.43. The van der Waals surface area contributed by atoms with E-state index >= 15 is 0 Å². The maximum atomic E-state index is 9.19. The quantitative estimate of drug-likeness (QED) is 0.796. The number of benzene rings is 1. The molecule has 0 amide bonds. The van der Waals surface area contributed by atoms with Crippen LogP contribution < -0.4 is 9.64 Å². The average molecular weight is 266 g/mol. The van der Waals surface area contributed by atoms with Crippen molar-refractivity contribution in [2.24, 2.45) is 0 Å². The standard InChI is InChI=1S/C14H22N2O3/c1-19-14-4-2-12(3-5-14)15-6-8-16(9-7-15)13(10-17)11-18/h2-5,13,17-18H,6-11H2,1H3. The minimum absolute atomic E-state index is 0.0129. The highest BCUT2D eigenvalue weighted by Gasteiger charge is 2.22. The molecular formula is C14H22N2O3. The molecule has 5 heteroatoms. The fraction of sp³-hybridized carbons (Fsp3) is 0.571. The van der Waals surface area contributed by atoms with Gasteiger partial charge in [-0.25, -0.2) is 0 Å². The number of anilines is 1. The number of aliphatic hydroxyl groups excluding tert-OH is 2. The first-order chi connectivity index (χ1) is 9.28. The fourth-order valence-corrected chi connectivity index (χ4v) is 2.43. The summed E-state index contributed by atoms with van der Waals surface area (Å²) in [7, 11) is 1.66. The van der Waals surface area contributed by atoms with Crippen molar-refractivity contribution in [2.45, 2.75) is 6.04 Å². The zero-order chi connectivity index (χ0) is 13.7. The van der Waals surface area contributed by atoms with Gasteiger partial charge in [-0.15, -0.1) is 0 Å². The van der Waals surface area contributed by atoms with E-state index in [2.05, 4.69) is 21.9 Å². The average Bonchev–Trinajstić information content (AvgIpc) is 2.49. The molecule has 0 aliphatic carbocycles. The van der Waals surface area contributed by atoms with Gasteiger partial charge in [-0.05, 0) is 24.3 Å². The van der Waals surface area contributed by atoms with Crippen LogP contribution in [0.15, 0.2) is 24.3 Å². The van der Waals surface area contributed by atoms with Crippen molar-refractivity contribution in [2.75, 3.05) is 51.4 Å². The molecule has 0 aromatic heterocycles. The lowest BCUT2D eigenvalue weighted by atomic mass is 10.2. The van der Waals surface area contributed by atoms with E-state index in [9.17, 15) is 10.2 Å². The van der Waals surface area contributed by atoms with Crippen LogP contribution in [0.25, 0.3) is 0 Å². The molecule has 1 fully saturated rings. The predicted octanol–water partition coefficient (Wildman–Crippen LogP) is 0.170. The lowest BCUT2D eigenvalue weighted by Crippen LogP contribution is -2.52. The molecule has 2 rings (SSSR count). The topological polar surface area (TPSA) is 56.2 Å². The van der Waals surface area contributed by atoms with E-state index in [4.69, 9.17) is 4.74 Å². The van der Waals surface area contributed by atoms with Crippen molar-refractivity contribution >= 4 is 5.69 Å². The third-order valence-electron chi connectivity index (χ3n) is 3.69. The minimum atomic E-state index is -0.127. The van der Waals surface area contributed by atoms with Gasteiger partial charge in [0.25, 0.3) is 0 Å². The van der Waals surface area contributed by atoms with Crippen molar-refractivity contribution in [3.8, 4) is 5.75 Å². The number of piperazine rings is 1. The highest BCUT2D eigenvalue weighted by Crippen LogP contribution is 2.20. The van der Waals surface area contributed by atoms with E-state index in [1.807, 2.05) is 12.1 Å². The monoisotopic (exact) mass is 266 g/mol. The van der Waals surface area contributed by atoms with Gasteiger partial charge in [0.2, 0.25) is 0 Å². The Labute approximate surface area is 114 Å². The minimum Gasteiger partial charge on any atom is -0.497 e. The molecule has 0 radical (unpaired) electrons. The molecule has 1 heterocycles. The summed E-state index contributed by atoms with van der Waals surface area (Å²) in [4.78, 5) is 4.45. The first kappa shape index (κ1) is 14.1. The summed E-state index contributed by atoms with van der Waals surface area (Å²) in [6, 6.07) is 7.92. The summed E-state index contributed by atoms with van der Waals surface area (Å²) in [5, 5.41) is 18.4. The Bertz CT molecular complexity index is 371. The molecule has 0 saturated carbocycles. The third-order valence-corrected chi connectivity index (χ3v) is 3.69. The highest BCUT2D eigenvalue weighted by molar-refractivity contribution is 5.49. The number of aliphatic hydroxyl groups is 2. The molecule has 1 aliphatic rings. The van der Waals surface area contributed by atoms with Crippen molar-refractivity contribution in [1.29, 1.82) is 0 Å². The molecular weight excluding hydrogens is 244 g/mol. The van der Waals surface area contributed by atoms with E-state index in [1.165, 1.54) is 5.69 Å². The molecule has 0 unspecified atom stereocenters. The van der Waals surface area contributed by atoms with Crippen molar-refractivity contribution < 1.29 is 14.9 Å². The van der Waals surface area contributed by atoms with Crippen LogP contribution in [0.3, 0.4) is 0 Å². The Kier molecular flexibility index (Phi) is 5.01. The van der Waals surface area contributed by atoms with Gasteiger partial charge in [0.1, 0.15) is 5.75 Å². The molecule has 1 saturated heterocycles. The van der Waals surface area contributed by atoms with Crippen molar-refractivity contribution in [1.82, 2.24) is 4.90 Å². The lowest BCUT2D eigenvalue weighted by Gasteiger charge is -2.39. The zero-order valence-electron chi connectivity index (χ0n) is 11.3. The maximum absolute atomic E-state index is 9.19. The van der Waals surface area contributed by atoms with Gasteiger partial charge in [0.05, 0.1) is 26.4 Å². The van der Waals surface area contributed by atoms with Gasteiger partial charge in [-0.3, -0.25) is 4.90 Å². The van der Waals surface area contributed by atoms with Crippen LogP contribution in [0.5, 0.6) is 5.75 Å². The summed E-state index contributed by atoms with van der Waals surface area (Å²) in [6.45, 7) is 3.55. The van der Waals surface area contributed by atoms with Crippen LogP contribution >= 0.6 is 0 Å². The van der Waals surface area contributed by atoms with Crippen LogP contribution in [0.1, 0.15) is 0 Å². The molecule has 106 valence electrons. The molecule has 19 heavy (non-hydrogen) atoms. The van der Waals surface area contributed by atoms with Gasteiger partial charge < -0.3 is 19.8 Å². The smallest absolute Gasteiger partial charge is 0.119 e. The van der Waals surface area contributed by atoms with E-state index in [0.717, 1.165) is 31.9 Å². The molecule has 1 aromatic carbocycles. The SMILES string of the molecule is COc1ccc(N2CCN(C(CO)CO)CC2)cc1.